The second-order valence-corrected chi connectivity index (χ2v) is 13.5. The van der Waals surface area contributed by atoms with Gasteiger partial charge in [0.15, 0.2) is 0 Å². The van der Waals surface area contributed by atoms with Crippen LogP contribution < -0.4 is 0 Å². The lowest BCUT2D eigenvalue weighted by Gasteiger charge is -2.34. The van der Waals surface area contributed by atoms with Crippen molar-refractivity contribution in [2.45, 2.75) is 132 Å². The van der Waals surface area contributed by atoms with Crippen LogP contribution in [0.2, 0.25) is 6.04 Å². The summed E-state index contributed by atoms with van der Waals surface area (Å²) in [7, 11) is -2.93. The number of rotatable bonds is 15. The Labute approximate surface area is 203 Å². The molecule has 0 aliphatic carbocycles. The number of carbonyl (C=O) groups is 2. The predicted octanol–water partition coefficient (Wildman–Crippen LogP) is 5.92. The van der Waals surface area contributed by atoms with Crippen molar-refractivity contribution < 1.29 is 32.3 Å². The van der Waals surface area contributed by atoms with Gasteiger partial charge in [0.1, 0.15) is 5.60 Å². The van der Waals surface area contributed by atoms with E-state index in [-0.39, 0.29) is 36.9 Å². The first-order valence-corrected chi connectivity index (χ1v) is 14.3. The molecule has 7 nitrogen and oxygen atoms in total. The summed E-state index contributed by atoms with van der Waals surface area (Å²) in [5, 5.41) is 0. The summed E-state index contributed by atoms with van der Waals surface area (Å²) in [5.41, 5.74) is -1.32. The SMILES string of the molecule is CCC(C)(CC(C)C(=O)OC(C)(C)C)C(=O)OCCC[Si](OC(C)C)(OC(C)C)OC(C)C. The Bertz CT molecular complexity index is 572. The van der Waals surface area contributed by atoms with Crippen molar-refractivity contribution in [1.82, 2.24) is 0 Å². The first-order chi connectivity index (χ1) is 14.9. The summed E-state index contributed by atoms with van der Waals surface area (Å²) in [6.45, 7) is 23.1. The van der Waals surface area contributed by atoms with E-state index in [0.717, 1.165) is 0 Å². The van der Waals surface area contributed by atoms with Crippen LogP contribution in [-0.2, 0) is 32.3 Å². The molecule has 2 unspecified atom stereocenters. The van der Waals surface area contributed by atoms with Crippen LogP contribution in [0.4, 0.5) is 0 Å². The number of hydrogen-bond donors (Lipinski definition) is 0. The van der Waals surface area contributed by atoms with Crippen molar-refractivity contribution >= 4 is 20.7 Å². The standard InChI is InChI=1S/C25H50O7Si/c1-13-25(12,17-21(8)22(26)29-24(9,10)11)23(27)28-15-14-16-33(30-18(2)3,31-19(4)5)32-20(6)7/h18-21H,13-17H2,1-12H3. The lowest BCUT2D eigenvalue weighted by molar-refractivity contribution is -0.163. The fourth-order valence-corrected chi connectivity index (χ4v) is 6.75. The molecule has 0 saturated heterocycles. The van der Waals surface area contributed by atoms with Crippen LogP contribution in [0.25, 0.3) is 0 Å². The van der Waals surface area contributed by atoms with Gasteiger partial charge >= 0.3 is 20.7 Å². The summed E-state index contributed by atoms with van der Waals surface area (Å²) in [6, 6.07) is 0.561. The summed E-state index contributed by atoms with van der Waals surface area (Å²) in [4.78, 5) is 25.3. The van der Waals surface area contributed by atoms with Gasteiger partial charge in [0.05, 0.1) is 17.9 Å². The van der Waals surface area contributed by atoms with Gasteiger partial charge in [-0.15, -0.1) is 0 Å². The van der Waals surface area contributed by atoms with Crippen LogP contribution in [0.5, 0.6) is 0 Å². The van der Waals surface area contributed by atoms with E-state index in [0.29, 0.717) is 25.3 Å². The van der Waals surface area contributed by atoms with Crippen LogP contribution in [0.3, 0.4) is 0 Å². The molecule has 0 aliphatic rings. The number of hydrogen-bond acceptors (Lipinski definition) is 7. The predicted molar refractivity (Wildman–Crippen MR) is 133 cm³/mol. The average molecular weight is 491 g/mol. The summed E-state index contributed by atoms with van der Waals surface area (Å²) >= 11 is 0. The minimum absolute atomic E-state index is 0.0329. The normalized spacial score (nSPS) is 15.6. The van der Waals surface area contributed by atoms with E-state index in [1.54, 1.807) is 6.92 Å². The molecule has 0 heterocycles. The zero-order valence-corrected chi connectivity index (χ0v) is 24.2. The van der Waals surface area contributed by atoms with Crippen molar-refractivity contribution in [3.63, 3.8) is 0 Å². The minimum atomic E-state index is -2.93. The van der Waals surface area contributed by atoms with Crippen LogP contribution in [0.15, 0.2) is 0 Å². The molecule has 0 spiro atoms. The van der Waals surface area contributed by atoms with Crippen molar-refractivity contribution in [1.29, 1.82) is 0 Å². The van der Waals surface area contributed by atoms with Crippen molar-refractivity contribution in [2.24, 2.45) is 11.3 Å². The second-order valence-electron chi connectivity index (χ2n) is 11.0. The van der Waals surface area contributed by atoms with Crippen LogP contribution >= 0.6 is 0 Å². The van der Waals surface area contributed by atoms with E-state index in [1.807, 2.05) is 76.2 Å². The van der Waals surface area contributed by atoms with Gasteiger partial charge in [-0.2, -0.15) is 0 Å². The van der Waals surface area contributed by atoms with Gasteiger partial charge in [0.2, 0.25) is 0 Å². The summed E-state index contributed by atoms with van der Waals surface area (Å²) in [5.74, 6) is -1.000. The third-order valence-corrected chi connectivity index (χ3v) is 8.40. The molecule has 0 aromatic carbocycles. The van der Waals surface area contributed by atoms with Crippen LogP contribution in [-0.4, -0.2) is 51.3 Å². The van der Waals surface area contributed by atoms with E-state index >= 15 is 0 Å². The van der Waals surface area contributed by atoms with Gasteiger partial charge in [0, 0.05) is 24.4 Å². The second kappa shape index (κ2) is 13.8. The zero-order valence-electron chi connectivity index (χ0n) is 23.2. The molecule has 0 N–H and O–H groups in total. The molecular formula is C25H50O7Si. The van der Waals surface area contributed by atoms with Gasteiger partial charge in [-0.3, -0.25) is 9.59 Å². The molecule has 0 aliphatic heterocycles. The van der Waals surface area contributed by atoms with E-state index < -0.39 is 25.7 Å². The molecule has 0 aromatic rings. The molecule has 196 valence electrons. The molecule has 8 heteroatoms. The van der Waals surface area contributed by atoms with Gasteiger partial charge in [-0.05, 0) is 88.5 Å². The molecular weight excluding hydrogens is 440 g/mol. The minimum Gasteiger partial charge on any atom is -0.465 e. The molecule has 0 rings (SSSR count). The lowest BCUT2D eigenvalue weighted by atomic mass is 9.79. The Kier molecular flexibility index (Phi) is 13.4. The summed E-state index contributed by atoms with van der Waals surface area (Å²) in [6.07, 6.45) is 1.42. The maximum atomic E-state index is 12.9. The number of esters is 2. The van der Waals surface area contributed by atoms with Crippen LogP contribution in [0.1, 0.15) is 102 Å². The summed E-state index contributed by atoms with van der Waals surface area (Å²) < 4.78 is 29.7. The Morgan fingerprint density at radius 2 is 1.27 bits per heavy atom. The van der Waals surface area contributed by atoms with Gasteiger partial charge in [-0.1, -0.05) is 13.8 Å². The Hall–Kier alpha value is -0.963. The van der Waals surface area contributed by atoms with E-state index in [1.165, 1.54) is 0 Å². The first kappa shape index (κ1) is 32.0. The lowest BCUT2D eigenvalue weighted by Crippen LogP contribution is -2.50. The number of ether oxygens (including phenoxy) is 2. The zero-order chi connectivity index (χ0) is 26.0. The quantitative estimate of drug-likeness (QED) is 0.160. The Morgan fingerprint density at radius 1 is 0.818 bits per heavy atom. The fourth-order valence-electron chi connectivity index (χ4n) is 3.50. The third-order valence-electron chi connectivity index (χ3n) is 4.95. The molecule has 33 heavy (non-hydrogen) atoms. The van der Waals surface area contributed by atoms with E-state index in [9.17, 15) is 9.59 Å². The van der Waals surface area contributed by atoms with Crippen LogP contribution in [0, 0.1) is 11.3 Å². The highest BCUT2D eigenvalue weighted by atomic mass is 28.4. The fraction of sp³-hybridized carbons (Fsp3) is 0.920. The van der Waals surface area contributed by atoms with Crippen molar-refractivity contribution in [2.75, 3.05) is 6.61 Å². The highest BCUT2D eigenvalue weighted by Crippen LogP contribution is 2.33. The van der Waals surface area contributed by atoms with E-state index in [4.69, 9.17) is 22.8 Å². The van der Waals surface area contributed by atoms with Gasteiger partial charge < -0.3 is 22.8 Å². The maximum absolute atomic E-state index is 12.9. The highest BCUT2D eigenvalue weighted by Gasteiger charge is 2.44. The van der Waals surface area contributed by atoms with Gasteiger partial charge in [0.25, 0.3) is 0 Å². The third kappa shape index (κ3) is 12.9. The molecule has 2 atom stereocenters. The molecule has 0 aromatic heterocycles. The molecule has 0 radical (unpaired) electrons. The van der Waals surface area contributed by atoms with Crippen molar-refractivity contribution in [3.8, 4) is 0 Å². The highest BCUT2D eigenvalue weighted by molar-refractivity contribution is 6.60. The molecule has 0 bridgehead atoms. The van der Waals surface area contributed by atoms with Gasteiger partial charge in [-0.25, -0.2) is 0 Å². The molecule has 0 fully saturated rings. The average Bonchev–Trinajstić information content (AvgIpc) is 2.61. The van der Waals surface area contributed by atoms with Crippen molar-refractivity contribution in [3.05, 3.63) is 0 Å². The molecule has 0 saturated carbocycles. The Balaban J connectivity index is 5.07. The smallest absolute Gasteiger partial charge is 0.465 e. The maximum Gasteiger partial charge on any atom is 0.501 e. The monoisotopic (exact) mass is 490 g/mol. The largest absolute Gasteiger partial charge is 0.501 e. The Morgan fingerprint density at radius 3 is 1.64 bits per heavy atom. The van der Waals surface area contributed by atoms with E-state index in [2.05, 4.69) is 0 Å². The topological polar surface area (TPSA) is 80.3 Å². The first-order valence-electron chi connectivity index (χ1n) is 12.4. The molecule has 0 amide bonds. The number of carbonyl (C=O) groups excluding carboxylic acids is 2.